The monoisotopic (exact) mass is 1030 g/mol. The second kappa shape index (κ2) is 27.6. The van der Waals surface area contributed by atoms with Crippen LogP contribution in [0, 0.1) is 0 Å². The maximum atomic E-state index is 11.7. The summed E-state index contributed by atoms with van der Waals surface area (Å²) in [5.74, 6) is -4.96. The number of esters is 8. The van der Waals surface area contributed by atoms with Gasteiger partial charge in [-0.05, 0) is 0 Å². The van der Waals surface area contributed by atoms with Gasteiger partial charge in [-0.15, -0.1) is 46.4 Å². The van der Waals surface area contributed by atoms with Crippen molar-refractivity contribution in [3.63, 3.8) is 0 Å². The minimum absolute atomic E-state index is 0.0314. The van der Waals surface area contributed by atoms with Crippen LogP contribution in [-0.4, -0.2) is 170 Å². The fourth-order valence-electron chi connectivity index (χ4n) is 7.27. The molecule has 376 valence electrons. The van der Waals surface area contributed by atoms with Crippen LogP contribution >= 0.6 is 46.4 Å². The Balaban J connectivity index is 0.000000350. The van der Waals surface area contributed by atoms with Gasteiger partial charge in [-0.3, -0.25) is 38.4 Å². The van der Waals surface area contributed by atoms with Crippen LogP contribution < -0.4 is 0 Å². The Labute approximate surface area is 400 Å². The molecule has 0 aromatic carbocycles. The Kier molecular flexibility index (Phi) is 23.9. The number of hydrogen-bond donors (Lipinski definition) is 0. The van der Waals surface area contributed by atoms with Gasteiger partial charge in [-0.2, -0.15) is 0 Å². The number of carbonyl (C=O) groups is 8. The van der Waals surface area contributed by atoms with Crippen molar-refractivity contribution in [2.45, 2.75) is 179 Å². The van der Waals surface area contributed by atoms with Gasteiger partial charge in [0.15, 0.2) is 24.4 Å². The summed E-state index contributed by atoms with van der Waals surface area (Å²) in [6.07, 6.45) is -15.5. The van der Waals surface area contributed by atoms with E-state index < -0.39 is 146 Å². The number of halogens is 4. The van der Waals surface area contributed by atoms with E-state index in [2.05, 4.69) is 0 Å². The van der Waals surface area contributed by atoms with Crippen LogP contribution in [-0.2, 0) is 105 Å². The molecule has 0 aromatic rings. The van der Waals surface area contributed by atoms with Gasteiger partial charge in [-0.25, -0.2) is 0 Å². The molecule has 66 heavy (non-hydrogen) atoms. The molecule has 16 atom stereocenters. The molecule has 0 bridgehead atoms. The molecule has 0 amide bonds. The first-order valence-corrected chi connectivity index (χ1v) is 22.8. The van der Waals surface area contributed by atoms with Gasteiger partial charge in [0.25, 0.3) is 0 Å². The summed E-state index contributed by atoms with van der Waals surface area (Å²) in [6, 6.07) is 0. The molecule has 4 heterocycles. The lowest BCUT2D eigenvalue weighted by Gasteiger charge is -2.44. The smallest absolute Gasteiger partial charge is 0.303 e. The highest BCUT2D eigenvalue weighted by Gasteiger charge is 2.52. The molecule has 26 heteroatoms. The molecule has 4 rings (SSSR count). The second-order valence-corrected chi connectivity index (χ2v) is 16.5. The largest absolute Gasteiger partial charge is 0.458 e. The van der Waals surface area contributed by atoms with Gasteiger partial charge in [0.05, 0.1) is 24.4 Å². The fraction of sp³-hybridized carbons (Fsp3) is 0.800. The zero-order valence-corrected chi connectivity index (χ0v) is 40.4. The molecule has 0 saturated carbocycles. The Morgan fingerprint density at radius 2 is 0.500 bits per heavy atom. The molecule has 0 N–H and O–H groups in total. The highest BCUT2D eigenvalue weighted by atomic mass is 35.5. The number of carbonyl (C=O) groups excluding carboxylic acids is 8. The third kappa shape index (κ3) is 18.3. The van der Waals surface area contributed by atoms with E-state index in [9.17, 15) is 38.4 Å². The molecule has 4 saturated heterocycles. The van der Waals surface area contributed by atoms with Crippen molar-refractivity contribution in [2.24, 2.45) is 0 Å². The molecule has 4 fully saturated rings. The molecular weight excluding hydrogens is 974 g/mol. The molecule has 0 aromatic heterocycles. The first-order chi connectivity index (χ1) is 31.1. The number of rotatable bonds is 16. The quantitative estimate of drug-likeness (QED) is 0.122. The topological polar surface area (TPSA) is 266 Å². The van der Waals surface area contributed by atoms with E-state index in [1.54, 1.807) is 0 Å². The van der Waals surface area contributed by atoms with Crippen LogP contribution in [0.3, 0.4) is 0 Å². The van der Waals surface area contributed by atoms with Gasteiger partial charge in [0, 0.05) is 105 Å². The van der Waals surface area contributed by atoms with Crippen molar-refractivity contribution < 1.29 is 105 Å². The molecule has 22 nitrogen and oxygen atoms in total. The van der Waals surface area contributed by atoms with E-state index in [-0.39, 0.29) is 49.2 Å². The van der Waals surface area contributed by atoms with Crippen molar-refractivity contribution in [2.75, 3.05) is 23.5 Å². The molecule has 4 aliphatic heterocycles. The second-order valence-electron chi connectivity index (χ2n) is 15.2. The van der Waals surface area contributed by atoms with Gasteiger partial charge < -0.3 is 66.3 Å². The Hall–Kier alpha value is -3.32. The van der Waals surface area contributed by atoms with Crippen LogP contribution in [0.4, 0.5) is 0 Å². The maximum absolute atomic E-state index is 11.7. The normalized spacial score (nSPS) is 34.1. The zero-order valence-electron chi connectivity index (χ0n) is 37.4. The standard InChI is InChI=1S/2C20H28Cl2O11/c2*1-9(23)27-15-5-13(7-21)31-19(17(15)29-11(3)25)33-20-18(30-12(4)26)16(28-10(2)24)6-14(8-22)32-20/h2*13-20H,5-8H2,1-4H3/t2*13-,14-,15-,16-,17+,18+,19+,20+/m00/s1. The molecule has 0 aliphatic carbocycles. The highest BCUT2D eigenvalue weighted by molar-refractivity contribution is 6.18. The maximum Gasteiger partial charge on any atom is 0.303 e. The molecule has 0 radical (unpaired) electrons. The lowest BCUT2D eigenvalue weighted by molar-refractivity contribution is -0.351. The summed E-state index contributed by atoms with van der Waals surface area (Å²) < 4.78 is 77.7. The molecular formula is C40H56Cl4O22. The summed E-state index contributed by atoms with van der Waals surface area (Å²) in [7, 11) is 0. The summed E-state index contributed by atoms with van der Waals surface area (Å²) in [6.45, 7) is 9.54. The van der Waals surface area contributed by atoms with E-state index in [1.807, 2.05) is 0 Å². The van der Waals surface area contributed by atoms with Crippen molar-refractivity contribution in [1.29, 1.82) is 0 Å². The Bertz CT molecular complexity index is 1440. The van der Waals surface area contributed by atoms with Crippen molar-refractivity contribution in [3.05, 3.63) is 0 Å². The van der Waals surface area contributed by atoms with Crippen LogP contribution in [0.1, 0.15) is 81.1 Å². The third-order valence-corrected chi connectivity index (χ3v) is 10.9. The predicted molar refractivity (Wildman–Crippen MR) is 223 cm³/mol. The summed E-state index contributed by atoms with van der Waals surface area (Å²) in [5.41, 5.74) is 0. The zero-order chi connectivity index (χ0) is 49.4. The first-order valence-electron chi connectivity index (χ1n) is 20.6. The Morgan fingerprint density at radius 1 is 0.333 bits per heavy atom. The summed E-state index contributed by atoms with van der Waals surface area (Å²) in [5, 5.41) is 0. The lowest BCUT2D eigenvalue weighted by atomic mass is 10.0. The van der Waals surface area contributed by atoms with Crippen LogP contribution in [0.25, 0.3) is 0 Å². The number of alkyl halides is 4. The van der Waals surface area contributed by atoms with E-state index in [1.165, 1.54) is 55.4 Å². The Morgan fingerprint density at radius 3 is 0.636 bits per heavy atom. The average molecular weight is 1030 g/mol. The third-order valence-electron chi connectivity index (χ3n) is 9.53. The highest BCUT2D eigenvalue weighted by Crippen LogP contribution is 2.35. The number of hydrogen-bond acceptors (Lipinski definition) is 22. The fourth-order valence-corrected chi connectivity index (χ4v) is 8.07. The van der Waals surface area contributed by atoms with Crippen molar-refractivity contribution in [3.8, 4) is 0 Å². The van der Waals surface area contributed by atoms with Gasteiger partial charge in [0.1, 0.15) is 24.4 Å². The number of ether oxygens (including phenoxy) is 14. The summed E-state index contributed by atoms with van der Waals surface area (Å²) in [4.78, 5) is 93.4. The van der Waals surface area contributed by atoms with Gasteiger partial charge in [0.2, 0.25) is 25.2 Å². The van der Waals surface area contributed by atoms with Crippen molar-refractivity contribution in [1.82, 2.24) is 0 Å². The minimum Gasteiger partial charge on any atom is -0.458 e. The minimum atomic E-state index is -1.31. The average Bonchev–Trinajstić information content (AvgIpc) is 3.20. The molecule has 4 aliphatic rings. The van der Waals surface area contributed by atoms with E-state index >= 15 is 0 Å². The van der Waals surface area contributed by atoms with Crippen LogP contribution in [0.5, 0.6) is 0 Å². The predicted octanol–water partition coefficient (Wildman–Crippen LogP) is 2.87. The summed E-state index contributed by atoms with van der Waals surface area (Å²) >= 11 is 23.9. The van der Waals surface area contributed by atoms with E-state index in [0.29, 0.717) is 0 Å². The molecule has 0 spiro atoms. The van der Waals surface area contributed by atoms with Crippen LogP contribution in [0.15, 0.2) is 0 Å². The van der Waals surface area contributed by atoms with Gasteiger partial charge >= 0.3 is 47.8 Å². The van der Waals surface area contributed by atoms with Crippen molar-refractivity contribution >= 4 is 94.2 Å². The lowest BCUT2D eigenvalue weighted by Crippen LogP contribution is -2.59. The molecule has 0 unspecified atom stereocenters. The SMILES string of the molecule is CC(=O)O[C@H]1[C@@H](O[C@H]2O[C@H](CCl)C[C@H](OC(C)=O)[C@H]2OC(C)=O)O[C@H](CCl)C[C@@H]1OC(C)=O.CC(=O)O[C@H]1[C@@H](O[C@H]2O[C@H](CCl)C[C@H](OC(C)=O)[C@H]2OC(C)=O)O[C@H](CCl)C[C@@H]1OC(C)=O. The van der Waals surface area contributed by atoms with E-state index in [4.69, 9.17) is 113 Å². The van der Waals surface area contributed by atoms with E-state index in [0.717, 1.165) is 0 Å². The van der Waals surface area contributed by atoms with Gasteiger partial charge in [-0.1, -0.05) is 0 Å². The first kappa shape index (κ1) is 57.0. The van der Waals surface area contributed by atoms with Crippen LogP contribution in [0.2, 0.25) is 0 Å².